The van der Waals surface area contributed by atoms with Gasteiger partial charge in [-0.25, -0.2) is 4.39 Å². The fraction of sp³-hybridized carbons (Fsp3) is 0.167. The first-order chi connectivity index (χ1) is 8.91. The molecule has 5 nitrogen and oxygen atoms in total. The highest BCUT2D eigenvalue weighted by molar-refractivity contribution is 6.30. The van der Waals surface area contributed by atoms with E-state index in [2.05, 4.69) is 4.74 Å². The molecule has 0 bridgehead atoms. The number of benzene rings is 1. The fourth-order valence-corrected chi connectivity index (χ4v) is 1.83. The van der Waals surface area contributed by atoms with Gasteiger partial charge in [-0.15, -0.1) is 0 Å². The molecule has 1 aromatic rings. The zero-order valence-electron chi connectivity index (χ0n) is 9.78. The van der Waals surface area contributed by atoms with E-state index in [9.17, 15) is 14.0 Å². The number of ether oxygens (including phenoxy) is 2. The lowest BCUT2D eigenvalue weighted by molar-refractivity contribution is -0.140. The van der Waals surface area contributed by atoms with E-state index in [4.69, 9.17) is 22.1 Å². The Morgan fingerprint density at radius 1 is 1.53 bits per heavy atom. The van der Waals surface area contributed by atoms with Crippen LogP contribution in [0.3, 0.4) is 0 Å². The molecule has 1 heterocycles. The Labute approximate surface area is 112 Å². The Balaban J connectivity index is 2.34. The molecular weight excluding hydrogens is 277 g/mol. The van der Waals surface area contributed by atoms with Crippen molar-refractivity contribution in [1.29, 1.82) is 0 Å². The van der Waals surface area contributed by atoms with Gasteiger partial charge in [-0.05, 0) is 6.07 Å². The standard InChI is InChI=1S/C12H9ClFNO4/c1-5(16)18-11-9(17)10(19-12(11)15)6-3-2-4-7(13)8(6)14/h2-4,10H,15H2,1H3. The summed E-state index contributed by atoms with van der Waals surface area (Å²) in [5.41, 5.74) is 5.37. The van der Waals surface area contributed by atoms with E-state index in [1.54, 1.807) is 0 Å². The van der Waals surface area contributed by atoms with Gasteiger partial charge in [0.2, 0.25) is 17.4 Å². The van der Waals surface area contributed by atoms with Gasteiger partial charge in [0.15, 0.2) is 6.10 Å². The SMILES string of the molecule is CC(=O)OC1=C(N)OC(c2cccc(Cl)c2F)C1=O. The van der Waals surface area contributed by atoms with Gasteiger partial charge in [-0.2, -0.15) is 0 Å². The van der Waals surface area contributed by atoms with Crippen LogP contribution in [0.4, 0.5) is 4.39 Å². The second kappa shape index (κ2) is 4.89. The Hall–Kier alpha value is -2.08. The summed E-state index contributed by atoms with van der Waals surface area (Å²) in [7, 11) is 0. The third-order valence-corrected chi connectivity index (χ3v) is 2.73. The van der Waals surface area contributed by atoms with Crippen molar-refractivity contribution in [3.63, 3.8) is 0 Å². The van der Waals surface area contributed by atoms with E-state index in [-0.39, 0.29) is 16.5 Å². The molecule has 2 N–H and O–H groups in total. The molecule has 100 valence electrons. The predicted octanol–water partition coefficient (Wildman–Crippen LogP) is 1.81. The van der Waals surface area contributed by atoms with Crippen molar-refractivity contribution in [2.24, 2.45) is 5.73 Å². The van der Waals surface area contributed by atoms with E-state index in [0.717, 1.165) is 6.92 Å². The number of Topliss-reactive ketones (excluding diaryl/α,β-unsaturated/α-hetero) is 1. The lowest BCUT2D eigenvalue weighted by Gasteiger charge is -2.11. The second-order valence-corrected chi connectivity index (χ2v) is 4.20. The van der Waals surface area contributed by atoms with Crippen LogP contribution in [0.15, 0.2) is 29.8 Å². The molecule has 0 fully saturated rings. The molecule has 0 radical (unpaired) electrons. The monoisotopic (exact) mass is 285 g/mol. The van der Waals surface area contributed by atoms with Gasteiger partial charge in [0.25, 0.3) is 0 Å². The molecule has 0 amide bonds. The van der Waals surface area contributed by atoms with Crippen molar-refractivity contribution in [3.8, 4) is 0 Å². The van der Waals surface area contributed by atoms with Crippen LogP contribution in [-0.4, -0.2) is 11.8 Å². The number of carbonyl (C=O) groups excluding carboxylic acids is 2. The minimum atomic E-state index is -1.30. The number of nitrogens with two attached hydrogens (primary N) is 1. The van der Waals surface area contributed by atoms with Gasteiger partial charge in [-0.1, -0.05) is 23.7 Å². The largest absolute Gasteiger partial charge is 0.460 e. The van der Waals surface area contributed by atoms with Gasteiger partial charge in [0.05, 0.1) is 5.02 Å². The van der Waals surface area contributed by atoms with Crippen molar-refractivity contribution in [3.05, 3.63) is 46.2 Å². The van der Waals surface area contributed by atoms with Crippen LogP contribution in [0, 0.1) is 5.82 Å². The van der Waals surface area contributed by atoms with Crippen LogP contribution in [0.1, 0.15) is 18.6 Å². The maximum absolute atomic E-state index is 13.8. The van der Waals surface area contributed by atoms with E-state index in [1.165, 1.54) is 18.2 Å². The van der Waals surface area contributed by atoms with E-state index in [1.807, 2.05) is 0 Å². The van der Waals surface area contributed by atoms with Crippen LogP contribution in [-0.2, 0) is 19.1 Å². The highest BCUT2D eigenvalue weighted by atomic mass is 35.5. The molecule has 0 aliphatic carbocycles. The average molecular weight is 286 g/mol. The number of carbonyl (C=O) groups is 2. The smallest absolute Gasteiger partial charge is 0.308 e. The second-order valence-electron chi connectivity index (χ2n) is 3.79. The summed E-state index contributed by atoms with van der Waals surface area (Å²) in [4.78, 5) is 22.8. The minimum absolute atomic E-state index is 0.0670. The molecule has 0 aromatic heterocycles. The topological polar surface area (TPSA) is 78.6 Å². The molecule has 1 aliphatic rings. The van der Waals surface area contributed by atoms with Crippen molar-refractivity contribution in [2.45, 2.75) is 13.0 Å². The number of esters is 1. The van der Waals surface area contributed by atoms with Crippen LogP contribution >= 0.6 is 11.6 Å². The number of halogens is 2. The average Bonchev–Trinajstić information content (AvgIpc) is 2.60. The van der Waals surface area contributed by atoms with Gasteiger partial charge < -0.3 is 15.2 Å². The predicted molar refractivity (Wildman–Crippen MR) is 63.2 cm³/mol. The van der Waals surface area contributed by atoms with Gasteiger partial charge >= 0.3 is 5.97 Å². The molecule has 1 unspecified atom stereocenters. The van der Waals surface area contributed by atoms with Crippen LogP contribution in [0.5, 0.6) is 0 Å². The van der Waals surface area contributed by atoms with Gasteiger partial charge in [0, 0.05) is 12.5 Å². The van der Waals surface area contributed by atoms with Crippen LogP contribution in [0.2, 0.25) is 5.02 Å². The fourth-order valence-electron chi connectivity index (χ4n) is 1.65. The summed E-state index contributed by atoms with van der Waals surface area (Å²) >= 11 is 5.62. The molecule has 19 heavy (non-hydrogen) atoms. The number of hydrogen-bond donors (Lipinski definition) is 1. The lowest BCUT2D eigenvalue weighted by atomic mass is 10.1. The van der Waals surface area contributed by atoms with Crippen molar-refractivity contribution in [2.75, 3.05) is 0 Å². The third-order valence-electron chi connectivity index (χ3n) is 2.44. The highest BCUT2D eigenvalue weighted by Gasteiger charge is 2.39. The van der Waals surface area contributed by atoms with E-state index >= 15 is 0 Å². The van der Waals surface area contributed by atoms with Crippen LogP contribution < -0.4 is 5.73 Å². The maximum Gasteiger partial charge on any atom is 0.308 e. The molecule has 7 heteroatoms. The Morgan fingerprint density at radius 3 is 2.84 bits per heavy atom. The lowest BCUT2D eigenvalue weighted by Crippen LogP contribution is -2.14. The quantitative estimate of drug-likeness (QED) is 0.839. The molecule has 1 aliphatic heterocycles. The van der Waals surface area contributed by atoms with Gasteiger partial charge in [0.1, 0.15) is 5.82 Å². The summed E-state index contributed by atoms with van der Waals surface area (Å²) in [6, 6.07) is 4.15. The molecule has 2 rings (SSSR count). The molecule has 0 spiro atoms. The van der Waals surface area contributed by atoms with Crippen molar-refractivity contribution < 1.29 is 23.5 Å². The van der Waals surface area contributed by atoms with Crippen molar-refractivity contribution in [1.82, 2.24) is 0 Å². The zero-order valence-corrected chi connectivity index (χ0v) is 10.5. The van der Waals surface area contributed by atoms with Crippen LogP contribution in [0.25, 0.3) is 0 Å². The third kappa shape index (κ3) is 2.39. The Morgan fingerprint density at radius 2 is 2.21 bits per heavy atom. The Kier molecular flexibility index (Phi) is 3.44. The minimum Gasteiger partial charge on any atom is -0.460 e. The Bertz CT molecular complexity index is 599. The summed E-state index contributed by atoms with van der Waals surface area (Å²) in [5, 5.41) is -0.145. The molecular formula is C12H9ClFNO4. The molecule has 0 saturated heterocycles. The first kappa shape index (κ1) is 13.4. The number of hydrogen-bond acceptors (Lipinski definition) is 5. The van der Waals surface area contributed by atoms with Crippen molar-refractivity contribution >= 4 is 23.4 Å². The maximum atomic E-state index is 13.8. The zero-order chi connectivity index (χ0) is 14.2. The summed E-state index contributed by atoms with van der Waals surface area (Å²) < 4.78 is 23.5. The highest BCUT2D eigenvalue weighted by Crippen LogP contribution is 2.34. The molecule has 1 atom stereocenters. The summed E-state index contributed by atoms with van der Waals surface area (Å²) in [6.07, 6.45) is -1.30. The molecule has 1 aromatic carbocycles. The first-order valence-electron chi connectivity index (χ1n) is 5.24. The van der Waals surface area contributed by atoms with E-state index < -0.39 is 29.4 Å². The number of rotatable bonds is 2. The van der Waals surface area contributed by atoms with E-state index in [0.29, 0.717) is 0 Å². The van der Waals surface area contributed by atoms with Gasteiger partial charge in [-0.3, -0.25) is 9.59 Å². The molecule has 0 saturated carbocycles. The summed E-state index contributed by atoms with van der Waals surface area (Å²) in [6.45, 7) is 1.11. The first-order valence-corrected chi connectivity index (χ1v) is 5.62. The normalized spacial score (nSPS) is 18.5. The number of ketones is 1. The summed E-state index contributed by atoms with van der Waals surface area (Å²) in [5.74, 6) is -3.00.